The van der Waals surface area contributed by atoms with E-state index in [0.717, 1.165) is 5.56 Å². The second-order valence-electron chi connectivity index (χ2n) is 11.0. The number of amides is 1. The molecule has 11 heteroatoms. The molecule has 43 heavy (non-hydrogen) atoms. The minimum atomic E-state index is -3.99. The second kappa shape index (κ2) is 14.8. The van der Waals surface area contributed by atoms with Crippen LogP contribution in [0.15, 0.2) is 77.7 Å². The fourth-order valence-electron chi connectivity index (χ4n) is 4.91. The van der Waals surface area contributed by atoms with E-state index in [2.05, 4.69) is 5.32 Å². The van der Waals surface area contributed by atoms with E-state index in [9.17, 15) is 22.7 Å². The lowest BCUT2D eigenvalue weighted by Gasteiger charge is -2.30. The summed E-state index contributed by atoms with van der Waals surface area (Å²) in [4.78, 5) is 12.9. The van der Waals surface area contributed by atoms with Gasteiger partial charge < -0.3 is 24.6 Å². The van der Waals surface area contributed by atoms with E-state index in [0.29, 0.717) is 36.5 Å². The van der Waals surface area contributed by atoms with Crippen molar-refractivity contribution in [2.75, 3.05) is 33.4 Å². The number of methoxy groups -OCH3 is 1. The van der Waals surface area contributed by atoms with Crippen LogP contribution in [0.3, 0.4) is 0 Å². The van der Waals surface area contributed by atoms with Crippen molar-refractivity contribution in [3.05, 3.63) is 84.2 Å². The van der Waals surface area contributed by atoms with E-state index in [1.54, 1.807) is 54.6 Å². The van der Waals surface area contributed by atoms with E-state index >= 15 is 0 Å². The Bertz CT molecular complexity index is 1440. The van der Waals surface area contributed by atoms with Crippen LogP contribution in [0.1, 0.15) is 25.8 Å². The fraction of sp³-hybridized carbons (Fsp3) is 0.406. The van der Waals surface area contributed by atoms with Crippen LogP contribution in [0, 0.1) is 11.7 Å². The van der Waals surface area contributed by atoms with Gasteiger partial charge in [-0.3, -0.25) is 0 Å². The maximum absolute atomic E-state index is 14.3. The zero-order chi connectivity index (χ0) is 31.0. The van der Waals surface area contributed by atoms with Crippen LogP contribution in [0.4, 0.5) is 9.18 Å². The number of hydrogen-bond acceptors (Lipinski definition) is 7. The molecule has 3 aromatic rings. The molecule has 0 unspecified atom stereocenters. The quantitative estimate of drug-likeness (QED) is 0.289. The molecule has 0 bridgehead atoms. The van der Waals surface area contributed by atoms with Crippen molar-refractivity contribution >= 4 is 16.1 Å². The third-order valence-electron chi connectivity index (χ3n) is 7.18. The summed E-state index contributed by atoms with van der Waals surface area (Å²) in [6.07, 6.45) is -1.67. The van der Waals surface area contributed by atoms with Gasteiger partial charge >= 0.3 is 6.09 Å². The summed E-state index contributed by atoms with van der Waals surface area (Å²) in [7, 11) is -2.49. The average Bonchev–Trinajstić information content (AvgIpc) is 3.50. The molecule has 232 valence electrons. The van der Waals surface area contributed by atoms with Gasteiger partial charge in [-0.15, -0.1) is 0 Å². The number of nitrogens with zero attached hydrogens (tertiary/aromatic N) is 1. The van der Waals surface area contributed by atoms with Crippen molar-refractivity contribution in [3.8, 4) is 16.9 Å². The average molecular weight is 615 g/mol. The Hall–Kier alpha value is -3.51. The van der Waals surface area contributed by atoms with E-state index in [4.69, 9.17) is 14.2 Å². The van der Waals surface area contributed by atoms with Crippen molar-refractivity contribution < 1.29 is 36.9 Å². The molecule has 0 aliphatic carbocycles. The van der Waals surface area contributed by atoms with Gasteiger partial charge in [0.05, 0.1) is 37.4 Å². The highest BCUT2D eigenvalue weighted by Crippen LogP contribution is 2.25. The summed E-state index contributed by atoms with van der Waals surface area (Å²) in [6.45, 7) is 4.44. The number of sulfonamides is 1. The van der Waals surface area contributed by atoms with Crippen LogP contribution in [0.25, 0.3) is 11.1 Å². The monoisotopic (exact) mass is 614 g/mol. The Kier molecular flexibility index (Phi) is 11.1. The number of rotatable bonds is 13. The number of ether oxygens (including phenoxy) is 3. The summed E-state index contributed by atoms with van der Waals surface area (Å²) in [5, 5.41) is 14.2. The van der Waals surface area contributed by atoms with Crippen LogP contribution < -0.4 is 10.1 Å². The van der Waals surface area contributed by atoms with Gasteiger partial charge in [0.15, 0.2) is 0 Å². The molecule has 4 rings (SSSR count). The summed E-state index contributed by atoms with van der Waals surface area (Å²) < 4.78 is 58.8. The predicted octanol–water partition coefficient (Wildman–Crippen LogP) is 4.64. The third kappa shape index (κ3) is 8.76. The lowest BCUT2D eigenvalue weighted by atomic mass is 9.98. The first kappa shape index (κ1) is 32.4. The van der Waals surface area contributed by atoms with Crippen molar-refractivity contribution in [2.24, 2.45) is 5.92 Å². The van der Waals surface area contributed by atoms with Gasteiger partial charge in [-0.2, -0.15) is 4.31 Å². The molecule has 1 fully saturated rings. The van der Waals surface area contributed by atoms with Gasteiger partial charge in [-0.1, -0.05) is 56.3 Å². The smallest absolute Gasteiger partial charge is 0.407 e. The zero-order valence-corrected chi connectivity index (χ0v) is 25.4. The molecule has 3 atom stereocenters. The van der Waals surface area contributed by atoms with Crippen LogP contribution in [0.2, 0.25) is 0 Å². The molecule has 0 aromatic heterocycles. The molecule has 0 spiro atoms. The normalized spacial score (nSPS) is 16.7. The number of aliphatic hydroxyl groups excluding tert-OH is 1. The predicted molar refractivity (Wildman–Crippen MR) is 161 cm³/mol. The summed E-state index contributed by atoms with van der Waals surface area (Å²) in [5.41, 5.74) is 1.89. The first-order valence-corrected chi connectivity index (χ1v) is 15.7. The maximum atomic E-state index is 14.3. The van der Waals surface area contributed by atoms with Crippen molar-refractivity contribution in [3.63, 3.8) is 0 Å². The van der Waals surface area contributed by atoms with E-state index < -0.39 is 34.4 Å². The summed E-state index contributed by atoms with van der Waals surface area (Å²) >= 11 is 0. The molecule has 1 amide bonds. The molecule has 3 aromatic carbocycles. The van der Waals surface area contributed by atoms with Gasteiger partial charge in [-0.25, -0.2) is 17.6 Å². The molecule has 9 nitrogen and oxygen atoms in total. The third-order valence-corrected chi connectivity index (χ3v) is 9.03. The van der Waals surface area contributed by atoms with E-state index in [-0.39, 0.29) is 36.1 Å². The number of carbonyl (C=O) groups excluding carboxylic acids is 1. The van der Waals surface area contributed by atoms with E-state index in [1.807, 2.05) is 13.8 Å². The minimum Gasteiger partial charge on any atom is -0.497 e. The SMILES string of the molecule is COc1ccc(S(=O)(=O)N(CC(C)C)C[C@@H](O)[C@H](Cc2ccc(-c3ccccc3F)cc2)NC(=O)O[C@H]2CCOC2)cc1. The highest BCUT2D eigenvalue weighted by atomic mass is 32.2. The summed E-state index contributed by atoms with van der Waals surface area (Å²) in [6, 6.07) is 18.7. The molecule has 1 heterocycles. The zero-order valence-electron chi connectivity index (χ0n) is 24.6. The van der Waals surface area contributed by atoms with Crippen LogP contribution in [0.5, 0.6) is 5.75 Å². The van der Waals surface area contributed by atoms with Crippen LogP contribution >= 0.6 is 0 Å². The molecule has 1 aliphatic heterocycles. The Morgan fingerprint density at radius 3 is 2.37 bits per heavy atom. The number of halogens is 1. The Balaban J connectivity index is 1.56. The largest absolute Gasteiger partial charge is 0.497 e. The second-order valence-corrected chi connectivity index (χ2v) is 12.9. The Morgan fingerprint density at radius 1 is 1.07 bits per heavy atom. The van der Waals surface area contributed by atoms with Crippen LogP contribution in [-0.2, 0) is 25.9 Å². The fourth-order valence-corrected chi connectivity index (χ4v) is 6.53. The number of carbonyl (C=O) groups is 1. The van der Waals surface area contributed by atoms with Gasteiger partial charge in [0.1, 0.15) is 17.7 Å². The topological polar surface area (TPSA) is 114 Å². The Labute approximate surface area is 252 Å². The van der Waals surface area contributed by atoms with Crippen molar-refractivity contribution in [1.82, 2.24) is 9.62 Å². The maximum Gasteiger partial charge on any atom is 0.407 e. The first-order chi connectivity index (χ1) is 20.6. The number of alkyl carbamates (subject to hydrolysis) is 1. The minimum absolute atomic E-state index is 0.0371. The lowest BCUT2D eigenvalue weighted by molar-refractivity contribution is 0.0644. The first-order valence-electron chi connectivity index (χ1n) is 14.3. The van der Waals surface area contributed by atoms with Crippen molar-refractivity contribution in [2.45, 2.75) is 49.8 Å². The molecule has 2 N–H and O–H groups in total. The highest BCUT2D eigenvalue weighted by Gasteiger charge is 2.32. The van der Waals surface area contributed by atoms with Gasteiger partial charge in [-0.05, 0) is 53.8 Å². The van der Waals surface area contributed by atoms with Gasteiger partial charge in [0, 0.05) is 25.1 Å². The Morgan fingerprint density at radius 2 is 1.77 bits per heavy atom. The molecule has 1 saturated heterocycles. The standard InChI is InChI=1S/C32H39FN2O7S/c1-22(2)19-35(43(38,39)27-14-12-25(40-3)13-15-27)20-31(36)30(34-32(37)42-26-16-17-41-21-26)18-23-8-10-24(11-9-23)28-6-4-5-7-29(28)33/h4-15,22,26,30-31,36H,16-21H2,1-3H3,(H,34,37)/t26-,30-,31+/m0/s1. The molecule has 1 aliphatic rings. The number of aliphatic hydroxyl groups is 1. The molecule has 0 radical (unpaired) electrons. The van der Waals surface area contributed by atoms with Gasteiger partial charge in [0.25, 0.3) is 0 Å². The number of hydrogen-bond donors (Lipinski definition) is 2. The summed E-state index contributed by atoms with van der Waals surface area (Å²) in [5.74, 6) is 0.142. The molecular weight excluding hydrogens is 575 g/mol. The molecular formula is C32H39FN2O7S. The van der Waals surface area contributed by atoms with E-state index in [1.165, 1.54) is 29.6 Å². The van der Waals surface area contributed by atoms with Gasteiger partial charge in [0.2, 0.25) is 10.0 Å². The number of benzene rings is 3. The van der Waals surface area contributed by atoms with Crippen molar-refractivity contribution in [1.29, 1.82) is 0 Å². The highest BCUT2D eigenvalue weighted by molar-refractivity contribution is 7.89. The lowest BCUT2D eigenvalue weighted by Crippen LogP contribution is -2.51. The number of nitrogens with one attached hydrogen (secondary N) is 1. The molecule has 0 saturated carbocycles. The van der Waals surface area contributed by atoms with Crippen LogP contribution in [-0.4, -0.2) is 75.6 Å².